The van der Waals surface area contributed by atoms with Crippen LogP contribution in [0.3, 0.4) is 0 Å². The van der Waals surface area contributed by atoms with Gasteiger partial charge in [-0.2, -0.15) is 13.2 Å². The number of aryl methyl sites for hydroxylation is 1. The molecule has 3 rings (SSSR count). The van der Waals surface area contributed by atoms with Gasteiger partial charge < -0.3 is 9.88 Å². The number of hydrogen-bond acceptors (Lipinski definition) is 3. The van der Waals surface area contributed by atoms with Gasteiger partial charge in [-0.1, -0.05) is 0 Å². The van der Waals surface area contributed by atoms with Crippen LogP contribution in [0.15, 0.2) is 18.3 Å². The molecule has 1 aliphatic rings. The van der Waals surface area contributed by atoms with E-state index in [1.807, 2.05) is 0 Å². The molecule has 2 aromatic heterocycles. The standard InChI is InChI=1S/C12H13F3N4/c1-19-8-3-2-5-17-9(8)18-10(19)11(12(13,14)15)4-6-16-7-11/h2-3,5,16H,4,6-7H2,1H3. The van der Waals surface area contributed by atoms with Gasteiger partial charge in [-0.15, -0.1) is 0 Å². The molecule has 2 aromatic rings. The van der Waals surface area contributed by atoms with Crippen molar-refractivity contribution >= 4 is 11.2 Å². The summed E-state index contributed by atoms with van der Waals surface area (Å²) in [5.41, 5.74) is -0.939. The summed E-state index contributed by atoms with van der Waals surface area (Å²) in [6, 6.07) is 3.42. The fourth-order valence-electron chi connectivity index (χ4n) is 2.71. The van der Waals surface area contributed by atoms with Gasteiger partial charge >= 0.3 is 6.18 Å². The summed E-state index contributed by atoms with van der Waals surface area (Å²) in [5, 5.41) is 2.80. The molecular formula is C12H13F3N4. The van der Waals surface area contributed by atoms with Crippen LogP contribution in [-0.2, 0) is 12.5 Å². The fourth-order valence-corrected chi connectivity index (χ4v) is 2.71. The van der Waals surface area contributed by atoms with Gasteiger partial charge in [-0.25, -0.2) is 9.97 Å². The first-order valence-corrected chi connectivity index (χ1v) is 6.01. The van der Waals surface area contributed by atoms with Crippen molar-refractivity contribution in [2.24, 2.45) is 7.05 Å². The van der Waals surface area contributed by atoms with Gasteiger partial charge in [-0.3, -0.25) is 0 Å². The molecule has 19 heavy (non-hydrogen) atoms. The third-order valence-electron chi connectivity index (χ3n) is 3.78. The van der Waals surface area contributed by atoms with E-state index in [1.54, 1.807) is 19.2 Å². The molecule has 0 aromatic carbocycles. The average Bonchev–Trinajstić information content (AvgIpc) is 2.95. The molecule has 1 saturated heterocycles. The van der Waals surface area contributed by atoms with Crippen molar-refractivity contribution in [1.29, 1.82) is 0 Å². The van der Waals surface area contributed by atoms with Crippen LogP contribution < -0.4 is 5.32 Å². The Bertz CT molecular complexity index is 611. The number of halogens is 3. The van der Waals surface area contributed by atoms with E-state index in [-0.39, 0.29) is 18.8 Å². The number of hydrogen-bond donors (Lipinski definition) is 1. The van der Waals surface area contributed by atoms with Crippen LogP contribution in [0, 0.1) is 0 Å². The van der Waals surface area contributed by atoms with E-state index >= 15 is 0 Å². The number of rotatable bonds is 1. The van der Waals surface area contributed by atoms with Gasteiger partial charge in [0, 0.05) is 19.8 Å². The number of nitrogens with one attached hydrogen (secondary N) is 1. The molecule has 1 aliphatic heterocycles. The Morgan fingerprint density at radius 2 is 2.21 bits per heavy atom. The molecule has 0 amide bonds. The molecule has 7 heteroatoms. The summed E-state index contributed by atoms with van der Waals surface area (Å²) in [6.45, 7) is 0.212. The van der Waals surface area contributed by atoms with Crippen molar-refractivity contribution in [3.63, 3.8) is 0 Å². The maximum absolute atomic E-state index is 13.5. The highest BCUT2D eigenvalue weighted by molar-refractivity contribution is 5.71. The quantitative estimate of drug-likeness (QED) is 0.858. The van der Waals surface area contributed by atoms with Gasteiger partial charge in [-0.05, 0) is 25.1 Å². The molecule has 1 unspecified atom stereocenters. The minimum atomic E-state index is -4.33. The van der Waals surface area contributed by atoms with Crippen LogP contribution in [-0.4, -0.2) is 33.8 Å². The number of fused-ring (bicyclic) bond motifs is 1. The third-order valence-corrected chi connectivity index (χ3v) is 3.78. The Labute approximate surface area is 107 Å². The maximum atomic E-state index is 13.5. The number of nitrogens with zero attached hydrogens (tertiary/aromatic N) is 3. The molecule has 0 saturated carbocycles. The Morgan fingerprint density at radius 3 is 2.79 bits per heavy atom. The van der Waals surface area contributed by atoms with Crippen molar-refractivity contribution in [3.05, 3.63) is 24.2 Å². The second-order valence-corrected chi connectivity index (χ2v) is 4.85. The van der Waals surface area contributed by atoms with Crippen LogP contribution in [0.25, 0.3) is 11.2 Å². The maximum Gasteiger partial charge on any atom is 0.402 e. The van der Waals surface area contributed by atoms with E-state index < -0.39 is 11.6 Å². The van der Waals surface area contributed by atoms with Gasteiger partial charge in [0.05, 0.1) is 5.52 Å². The van der Waals surface area contributed by atoms with Crippen LogP contribution in [0.1, 0.15) is 12.2 Å². The lowest BCUT2D eigenvalue weighted by atomic mass is 9.85. The predicted molar refractivity (Wildman–Crippen MR) is 63.7 cm³/mol. The molecule has 0 spiro atoms. The first-order chi connectivity index (χ1) is 8.96. The van der Waals surface area contributed by atoms with E-state index in [0.717, 1.165) is 0 Å². The highest BCUT2D eigenvalue weighted by atomic mass is 19.4. The highest BCUT2D eigenvalue weighted by Gasteiger charge is 2.59. The Hall–Kier alpha value is -1.63. The molecule has 1 fully saturated rings. The molecule has 0 aliphatic carbocycles. The molecule has 0 radical (unpaired) electrons. The van der Waals surface area contributed by atoms with Gasteiger partial charge in [0.25, 0.3) is 0 Å². The second-order valence-electron chi connectivity index (χ2n) is 4.85. The molecule has 4 nitrogen and oxygen atoms in total. The van der Waals surface area contributed by atoms with E-state index in [9.17, 15) is 13.2 Å². The zero-order chi connectivity index (χ0) is 13.7. The topological polar surface area (TPSA) is 42.7 Å². The average molecular weight is 270 g/mol. The normalized spacial score (nSPS) is 24.2. The van der Waals surface area contributed by atoms with E-state index in [4.69, 9.17) is 0 Å². The summed E-state index contributed by atoms with van der Waals surface area (Å²) in [6.07, 6.45) is -2.79. The summed E-state index contributed by atoms with van der Waals surface area (Å²) in [5.74, 6) is 0.0405. The van der Waals surface area contributed by atoms with Crippen LogP contribution in [0.4, 0.5) is 13.2 Å². The zero-order valence-corrected chi connectivity index (χ0v) is 10.3. The molecule has 3 heterocycles. The summed E-state index contributed by atoms with van der Waals surface area (Å²) < 4.78 is 42.0. The predicted octanol–water partition coefficient (Wildman–Crippen LogP) is 1.76. The number of pyridine rings is 1. The fraction of sp³-hybridized carbons (Fsp3) is 0.500. The lowest BCUT2D eigenvalue weighted by Gasteiger charge is -2.30. The van der Waals surface area contributed by atoms with Gasteiger partial charge in [0.2, 0.25) is 0 Å². The molecule has 1 atom stereocenters. The van der Waals surface area contributed by atoms with E-state index in [2.05, 4.69) is 15.3 Å². The van der Waals surface area contributed by atoms with Crippen LogP contribution >= 0.6 is 0 Å². The smallest absolute Gasteiger partial charge is 0.329 e. The first kappa shape index (κ1) is 12.4. The Kier molecular flexibility index (Phi) is 2.57. The number of alkyl halides is 3. The SMILES string of the molecule is Cn1c(C2(C(F)(F)F)CCNC2)nc2ncccc21. The largest absolute Gasteiger partial charge is 0.402 e. The third kappa shape index (κ3) is 1.64. The highest BCUT2D eigenvalue weighted by Crippen LogP contribution is 2.45. The lowest BCUT2D eigenvalue weighted by Crippen LogP contribution is -2.46. The van der Waals surface area contributed by atoms with Crippen molar-refractivity contribution < 1.29 is 13.2 Å². The van der Waals surface area contributed by atoms with Gasteiger partial charge in [0.1, 0.15) is 11.2 Å². The minimum Gasteiger partial charge on any atom is -0.329 e. The van der Waals surface area contributed by atoms with E-state index in [1.165, 1.54) is 10.8 Å². The Balaban J connectivity index is 2.24. The van der Waals surface area contributed by atoms with Crippen molar-refractivity contribution in [1.82, 2.24) is 19.9 Å². The number of imidazole rings is 1. The van der Waals surface area contributed by atoms with Crippen molar-refractivity contribution in [2.75, 3.05) is 13.1 Å². The van der Waals surface area contributed by atoms with Crippen molar-refractivity contribution in [2.45, 2.75) is 18.0 Å². The zero-order valence-electron chi connectivity index (χ0n) is 10.3. The summed E-state index contributed by atoms with van der Waals surface area (Å²) in [4.78, 5) is 8.15. The number of aromatic nitrogens is 3. The lowest BCUT2D eigenvalue weighted by molar-refractivity contribution is -0.187. The Morgan fingerprint density at radius 1 is 1.42 bits per heavy atom. The second kappa shape index (κ2) is 3.93. The van der Waals surface area contributed by atoms with Crippen LogP contribution in [0.2, 0.25) is 0 Å². The monoisotopic (exact) mass is 270 g/mol. The van der Waals surface area contributed by atoms with Crippen LogP contribution in [0.5, 0.6) is 0 Å². The van der Waals surface area contributed by atoms with Crippen molar-refractivity contribution in [3.8, 4) is 0 Å². The molecule has 1 N–H and O–H groups in total. The molecule has 102 valence electrons. The minimum absolute atomic E-state index is 0.00760. The van der Waals surface area contributed by atoms with E-state index in [0.29, 0.717) is 17.7 Å². The van der Waals surface area contributed by atoms with Gasteiger partial charge in [0.15, 0.2) is 5.65 Å². The summed E-state index contributed by atoms with van der Waals surface area (Å²) in [7, 11) is 1.61. The summed E-state index contributed by atoms with van der Waals surface area (Å²) >= 11 is 0. The molecule has 0 bridgehead atoms. The molecular weight excluding hydrogens is 257 g/mol. The first-order valence-electron chi connectivity index (χ1n) is 6.01.